The molecule has 3 rings (SSSR count). The molecule has 4 unspecified atom stereocenters. The van der Waals surface area contributed by atoms with Gasteiger partial charge in [-0.3, -0.25) is 9.59 Å². The number of carbonyl (C=O) groups is 2. The highest BCUT2D eigenvalue weighted by molar-refractivity contribution is 5.91. The summed E-state index contributed by atoms with van der Waals surface area (Å²) in [6.07, 6.45) is -5.44. The van der Waals surface area contributed by atoms with Gasteiger partial charge >= 0.3 is 5.97 Å². The van der Waals surface area contributed by atoms with Gasteiger partial charge in [0.05, 0.1) is 49.6 Å². The number of allylic oxidation sites excluding steroid dienone is 3. The van der Waals surface area contributed by atoms with Gasteiger partial charge in [-0.25, -0.2) is 0 Å². The van der Waals surface area contributed by atoms with Crippen LogP contribution in [0.4, 0.5) is 0 Å². The Balaban J connectivity index is 1.96. The summed E-state index contributed by atoms with van der Waals surface area (Å²) in [5.74, 6) is -3.09. The second-order valence-corrected chi connectivity index (χ2v) is 15.5. The second kappa shape index (κ2) is 21.6. The molecule has 0 aromatic heterocycles. The number of hydrogen-bond donors (Lipinski definition) is 5. The zero-order chi connectivity index (χ0) is 40.4. The fraction of sp³-hybridized carbons (Fsp3) is 0.846. The first kappa shape index (κ1) is 46.5. The van der Waals surface area contributed by atoms with Crippen LogP contribution in [0.1, 0.15) is 67.2 Å². The molecule has 54 heavy (non-hydrogen) atoms. The molecule has 3 aliphatic rings. The molecule has 312 valence electrons. The average Bonchev–Trinajstić information content (AvgIpc) is 3.12. The largest absolute Gasteiger partial charge is 0.462 e. The Morgan fingerprint density at radius 2 is 1.50 bits per heavy atom. The van der Waals surface area contributed by atoms with E-state index >= 15 is 0 Å². The number of hydrogen-bond acceptors (Lipinski definition) is 15. The maximum absolute atomic E-state index is 13.6. The lowest BCUT2D eigenvalue weighted by molar-refractivity contribution is -0.304. The summed E-state index contributed by atoms with van der Waals surface area (Å²) < 4.78 is 41.7. The van der Waals surface area contributed by atoms with E-state index in [4.69, 9.17) is 33.2 Å². The lowest BCUT2D eigenvalue weighted by atomic mass is 9.79. The van der Waals surface area contributed by atoms with Gasteiger partial charge in [0, 0.05) is 38.6 Å². The number of aliphatic hydroxyl groups is 5. The van der Waals surface area contributed by atoms with Crippen LogP contribution in [0.2, 0.25) is 0 Å². The fourth-order valence-electron chi connectivity index (χ4n) is 7.85. The Labute approximate surface area is 320 Å². The standard InChI is InChI=1S/C39H67NO14/c1-11-29-26(19-50-39-37(49-10)36(48-9)33(46)24(6)52-39)16-20(2)12-13-27(42)21(3)17-25(14-15-41)35(22(4)28(43)18-30(44)53-29)54-38-34(47)31(40(7)8)32(45)23(5)51-38/h12-13,16,21-26,28-29,31-39,41,43,45-47H,11,14-15,17-19H2,1-10H3/t21-,22+,23-,24?,25+,26-,28-,29-,31?,32-,33-,34?,35-,36+,37?,38+,39-/m1/s1. The van der Waals surface area contributed by atoms with Crippen molar-refractivity contribution < 1.29 is 68.3 Å². The molecule has 0 saturated carbocycles. The van der Waals surface area contributed by atoms with Crippen LogP contribution in [0.15, 0.2) is 23.8 Å². The number of carbonyl (C=O) groups excluding carboxylic acids is 2. The van der Waals surface area contributed by atoms with E-state index in [0.29, 0.717) is 12.0 Å². The van der Waals surface area contributed by atoms with Crippen molar-refractivity contribution in [1.29, 1.82) is 0 Å². The third kappa shape index (κ3) is 11.8. The molecule has 17 atom stereocenters. The smallest absolute Gasteiger partial charge is 0.308 e. The predicted octanol–water partition coefficient (Wildman–Crippen LogP) is 1.36. The van der Waals surface area contributed by atoms with Crippen LogP contribution in [-0.2, 0) is 42.7 Å². The molecule has 0 aromatic rings. The molecular formula is C39H67NO14. The molecule has 3 heterocycles. The van der Waals surface area contributed by atoms with E-state index in [1.54, 1.807) is 52.8 Å². The minimum absolute atomic E-state index is 0.0214. The summed E-state index contributed by atoms with van der Waals surface area (Å²) >= 11 is 0. The average molecular weight is 774 g/mol. The van der Waals surface area contributed by atoms with Crippen molar-refractivity contribution in [2.75, 3.05) is 41.5 Å². The van der Waals surface area contributed by atoms with Crippen molar-refractivity contribution in [3.8, 4) is 0 Å². The number of ketones is 1. The van der Waals surface area contributed by atoms with E-state index < -0.39 is 109 Å². The molecular weight excluding hydrogens is 706 g/mol. The van der Waals surface area contributed by atoms with Crippen molar-refractivity contribution in [2.24, 2.45) is 23.7 Å². The van der Waals surface area contributed by atoms with Crippen molar-refractivity contribution >= 4 is 11.8 Å². The maximum Gasteiger partial charge on any atom is 0.308 e. The lowest BCUT2D eigenvalue weighted by Gasteiger charge is -2.46. The summed E-state index contributed by atoms with van der Waals surface area (Å²) in [6.45, 7) is 10.3. The molecule has 3 aliphatic heterocycles. The number of cyclic esters (lactones) is 1. The molecule has 2 fully saturated rings. The van der Waals surface area contributed by atoms with E-state index in [0.717, 1.165) is 0 Å². The highest BCUT2D eigenvalue weighted by Crippen LogP contribution is 2.35. The van der Waals surface area contributed by atoms with E-state index in [9.17, 15) is 35.1 Å². The first-order valence-electron chi connectivity index (χ1n) is 19.2. The number of ether oxygens (including phenoxy) is 7. The van der Waals surface area contributed by atoms with Crippen LogP contribution in [0.25, 0.3) is 0 Å². The van der Waals surface area contributed by atoms with Gasteiger partial charge < -0.3 is 63.6 Å². The second-order valence-electron chi connectivity index (χ2n) is 15.5. The molecule has 0 radical (unpaired) electrons. The third-order valence-corrected chi connectivity index (χ3v) is 11.2. The van der Waals surface area contributed by atoms with Gasteiger partial charge in [0.25, 0.3) is 0 Å². The molecule has 5 N–H and O–H groups in total. The number of nitrogens with zero attached hydrogens (tertiary/aromatic N) is 1. The van der Waals surface area contributed by atoms with Gasteiger partial charge in [0.2, 0.25) is 0 Å². The molecule has 0 amide bonds. The minimum Gasteiger partial charge on any atom is -0.462 e. The third-order valence-electron chi connectivity index (χ3n) is 11.2. The topological polar surface area (TPSA) is 203 Å². The van der Waals surface area contributed by atoms with Crippen molar-refractivity contribution in [2.45, 2.75) is 147 Å². The number of esters is 1. The quantitative estimate of drug-likeness (QED) is 0.188. The molecule has 15 heteroatoms. The van der Waals surface area contributed by atoms with Crippen LogP contribution in [0.5, 0.6) is 0 Å². The predicted molar refractivity (Wildman–Crippen MR) is 197 cm³/mol. The Bertz CT molecular complexity index is 1230. The highest BCUT2D eigenvalue weighted by atomic mass is 16.7. The molecule has 15 nitrogen and oxygen atoms in total. The number of aliphatic hydroxyl groups excluding tert-OH is 5. The summed E-state index contributed by atoms with van der Waals surface area (Å²) in [6, 6.07) is -0.720. The van der Waals surface area contributed by atoms with Gasteiger partial charge in [-0.15, -0.1) is 0 Å². The summed E-state index contributed by atoms with van der Waals surface area (Å²) in [5.41, 5.74) is 0.717. The lowest BCUT2D eigenvalue weighted by Crippen LogP contribution is -2.63. The van der Waals surface area contributed by atoms with Gasteiger partial charge in [-0.05, 0) is 66.1 Å². The SMILES string of the molecule is CC[C@H]1OC(=O)C[C@@H](O)[C@H](C)[C@@H](O[C@@H]2O[C@H](C)[C@@H](O)C(N(C)C)C2O)[C@@H](CCO)C[C@@H](C)C(=O)C=CC(C)=C[C@@H]1CO[C@@H]1OC(C)[C@@H](O)[C@H](OC)C1OC. The van der Waals surface area contributed by atoms with Gasteiger partial charge in [0.15, 0.2) is 18.4 Å². The molecule has 0 aromatic carbocycles. The molecule has 0 aliphatic carbocycles. The van der Waals surface area contributed by atoms with Crippen molar-refractivity contribution in [3.63, 3.8) is 0 Å². The Morgan fingerprint density at radius 3 is 2.09 bits per heavy atom. The van der Waals surface area contributed by atoms with Crippen LogP contribution in [0, 0.1) is 23.7 Å². The normalized spacial score (nSPS) is 42.1. The highest BCUT2D eigenvalue weighted by Gasteiger charge is 2.48. The van der Waals surface area contributed by atoms with Gasteiger partial charge in [0.1, 0.15) is 30.5 Å². The van der Waals surface area contributed by atoms with Crippen LogP contribution >= 0.6 is 0 Å². The van der Waals surface area contributed by atoms with Crippen LogP contribution in [0.3, 0.4) is 0 Å². The van der Waals surface area contributed by atoms with Gasteiger partial charge in [-0.2, -0.15) is 0 Å². The van der Waals surface area contributed by atoms with E-state index in [1.807, 2.05) is 19.9 Å². The van der Waals surface area contributed by atoms with Crippen LogP contribution < -0.4 is 0 Å². The van der Waals surface area contributed by atoms with Crippen molar-refractivity contribution in [3.05, 3.63) is 23.8 Å². The monoisotopic (exact) mass is 773 g/mol. The zero-order valence-corrected chi connectivity index (χ0v) is 33.6. The number of rotatable bonds is 11. The van der Waals surface area contributed by atoms with E-state index in [-0.39, 0.29) is 38.3 Å². The maximum atomic E-state index is 13.6. The molecule has 2 saturated heterocycles. The Hall–Kier alpha value is -1.86. The van der Waals surface area contributed by atoms with Crippen LogP contribution in [-0.4, -0.2) is 163 Å². The van der Waals surface area contributed by atoms with E-state index in [2.05, 4.69) is 0 Å². The van der Waals surface area contributed by atoms with Gasteiger partial charge in [-0.1, -0.05) is 38.5 Å². The Morgan fingerprint density at radius 1 is 0.870 bits per heavy atom. The van der Waals surface area contributed by atoms with E-state index in [1.165, 1.54) is 20.3 Å². The zero-order valence-electron chi connectivity index (χ0n) is 33.6. The summed E-state index contributed by atoms with van der Waals surface area (Å²) in [4.78, 5) is 28.8. The number of methoxy groups -OCH3 is 2. The summed E-state index contributed by atoms with van der Waals surface area (Å²) in [5, 5.41) is 54.4. The number of likely N-dealkylation sites (N-methyl/N-ethyl adjacent to an activating group) is 1. The first-order valence-corrected chi connectivity index (χ1v) is 19.2. The minimum atomic E-state index is -1.28. The fourth-order valence-corrected chi connectivity index (χ4v) is 7.85. The first-order chi connectivity index (χ1) is 25.5. The molecule has 0 bridgehead atoms. The van der Waals surface area contributed by atoms with Crippen molar-refractivity contribution in [1.82, 2.24) is 4.90 Å². The summed E-state index contributed by atoms with van der Waals surface area (Å²) in [7, 11) is 6.40. The molecule has 0 spiro atoms. The Kier molecular flexibility index (Phi) is 18.6.